The summed E-state index contributed by atoms with van der Waals surface area (Å²) in [6, 6.07) is 9.54. The maximum absolute atomic E-state index is 12.4. The summed E-state index contributed by atoms with van der Waals surface area (Å²) in [7, 11) is 0. The highest BCUT2D eigenvalue weighted by atomic mass is 16.5. The van der Waals surface area contributed by atoms with E-state index in [0.717, 1.165) is 41.0 Å². The van der Waals surface area contributed by atoms with Gasteiger partial charge in [0, 0.05) is 23.6 Å². The Kier molecular flexibility index (Phi) is 8.21. The van der Waals surface area contributed by atoms with Crippen LogP contribution in [0.2, 0.25) is 0 Å². The number of aryl methyl sites for hydroxylation is 3. The van der Waals surface area contributed by atoms with Gasteiger partial charge >= 0.3 is 5.97 Å². The first-order chi connectivity index (χ1) is 14.6. The SMILES string of the molecule is Cc1cccc(C)c1NC(=O)COC(=O)/C(C#N)=C/c1cc(C)n(CCC(C)C)c1C. The van der Waals surface area contributed by atoms with E-state index in [4.69, 9.17) is 4.74 Å². The molecule has 0 saturated heterocycles. The monoisotopic (exact) mass is 421 g/mol. The molecule has 0 bridgehead atoms. The molecule has 0 aliphatic rings. The molecule has 1 heterocycles. The number of rotatable bonds is 8. The Labute approximate surface area is 184 Å². The number of ether oxygens (including phenoxy) is 1. The molecule has 6 heteroatoms. The van der Waals surface area contributed by atoms with Crippen LogP contribution in [0.1, 0.15) is 48.3 Å². The molecule has 0 unspecified atom stereocenters. The largest absolute Gasteiger partial charge is 0.451 e. The quantitative estimate of drug-likeness (QED) is 0.375. The summed E-state index contributed by atoms with van der Waals surface area (Å²) in [5.41, 5.74) is 5.27. The Hall–Kier alpha value is -3.33. The average molecular weight is 422 g/mol. The number of nitrogens with zero attached hydrogens (tertiary/aromatic N) is 2. The van der Waals surface area contributed by atoms with Crippen LogP contribution < -0.4 is 5.32 Å². The third-order valence-electron chi connectivity index (χ3n) is 5.26. The smallest absolute Gasteiger partial charge is 0.349 e. The molecule has 1 N–H and O–H groups in total. The highest BCUT2D eigenvalue weighted by Crippen LogP contribution is 2.21. The van der Waals surface area contributed by atoms with Crippen molar-refractivity contribution >= 4 is 23.6 Å². The first-order valence-corrected chi connectivity index (χ1v) is 10.5. The number of nitriles is 1. The predicted molar refractivity (Wildman–Crippen MR) is 122 cm³/mol. The molecule has 0 spiro atoms. The van der Waals surface area contributed by atoms with Crippen LogP contribution in [0.3, 0.4) is 0 Å². The number of para-hydroxylation sites is 1. The van der Waals surface area contributed by atoms with E-state index in [1.165, 1.54) is 6.08 Å². The molecule has 0 radical (unpaired) electrons. The molecule has 1 aromatic carbocycles. The van der Waals surface area contributed by atoms with E-state index < -0.39 is 18.5 Å². The minimum atomic E-state index is -0.814. The van der Waals surface area contributed by atoms with Crippen molar-refractivity contribution in [3.05, 3.63) is 57.9 Å². The van der Waals surface area contributed by atoms with E-state index in [-0.39, 0.29) is 5.57 Å². The lowest BCUT2D eigenvalue weighted by atomic mass is 10.1. The molecular weight excluding hydrogens is 390 g/mol. The summed E-state index contributed by atoms with van der Waals surface area (Å²) in [5.74, 6) is -0.680. The third kappa shape index (κ3) is 6.32. The summed E-state index contributed by atoms with van der Waals surface area (Å²) < 4.78 is 7.27. The van der Waals surface area contributed by atoms with Crippen molar-refractivity contribution < 1.29 is 14.3 Å². The predicted octanol–water partition coefficient (Wildman–Crippen LogP) is 4.86. The summed E-state index contributed by atoms with van der Waals surface area (Å²) in [4.78, 5) is 24.6. The van der Waals surface area contributed by atoms with E-state index in [0.29, 0.717) is 11.6 Å². The minimum absolute atomic E-state index is 0.135. The molecule has 1 aromatic heterocycles. The second kappa shape index (κ2) is 10.6. The van der Waals surface area contributed by atoms with Crippen LogP contribution in [0.4, 0.5) is 5.69 Å². The van der Waals surface area contributed by atoms with Crippen molar-refractivity contribution in [2.45, 2.75) is 54.5 Å². The van der Waals surface area contributed by atoms with Gasteiger partial charge in [-0.3, -0.25) is 4.79 Å². The highest BCUT2D eigenvalue weighted by Gasteiger charge is 2.16. The van der Waals surface area contributed by atoms with Crippen LogP contribution in [-0.2, 0) is 20.9 Å². The summed E-state index contributed by atoms with van der Waals surface area (Å²) in [6.45, 7) is 12.5. The van der Waals surface area contributed by atoms with E-state index >= 15 is 0 Å². The molecular formula is C25H31N3O3. The third-order valence-corrected chi connectivity index (χ3v) is 5.26. The van der Waals surface area contributed by atoms with Crippen molar-refractivity contribution in [2.24, 2.45) is 5.92 Å². The van der Waals surface area contributed by atoms with Crippen LogP contribution in [-0.4, -0.2) is 23.1 Å². The van der Waals surface area contributed by atoms with Gasteiger partial charge in [-0.05, 0) is 68.9 Å². The van der Waals surface area contributed by atoms with Gasteiger partial charge in [-0.1, -0.05) is 32.0 Å². The molecule has 6 nitrogen and oxygen atoms in total. The minimum Gasteiger partial charge on any atom is -0.451 e. The average Bonchev–Trinajstić information content (AvgIpc) is 2.98. The van der Waals surface area contributed by atoms with Gasteiger partial charge in [0.1, 0.15) is 11.6 Å². The first kappa shape index (κ1) is 23.9. The second-order valence-corrected chi connectivity index (χ2v) is 8.22. The fourth-order valence-electron chi connectivity index (χ4n) is 3.39. The van der Waals surface area contributed by atoms with Gasteiger partial charge in [0.25, 0.3) is 5.91 Å². The number of anilines is 1. The molecule has 0 aliphatic heterocycles. The Morgan fingerprint density at radius 3 is 2.42 bits per heavy atom. The molecule has 1 amide bonds. The summed E-state index contributed by atoms with van der Waals surface area (Å²) in [6.07, 6.45) is 2.57. The van der Waals surface area contributed by atoms with Gasteiger partial charge in [-0.25, -0.2) is 4.79 Å². The van der Waals surface area contributed by atoms with Crippen molar-refractivity contribution in [2.75, 3.05) is 11.9 Å². The van der Waals surface area contributed by atoms with Crippen molar-refractivity contribution in [1.29, 1.82) is 5.26 Å². The van der Waals surface area contributed by atoms with Gasteiger partial charge in [0.15, 0.2) is 6.61 Å². The van der Waals surface area contributed by atoms with Crippen LogP contribution >= 0.6 is 0 Å². The van der Waals surface area contributed by atoms with Crippen LogP contribution in [0.15, 0.2) is 29.8 Å². The molecule has 2 rings (SSSR count). The van der Waals surface area contributed by atoms with Gasteiger partial charge in [0.05, 0.1) is 0 Å². The van der Waals surface area contributed by atoms with E-state index in [9.17, 15) is 14.9 Å². The van der Waals surface area contributed by atoms with Gasteiger partial charge in [-0.15, -0.1) is 0 Å². The molecule has 0 aliphatic carbocycles. The zero-order valence-corrected chi connectivity index (χ0v) is 19.2. The normalized spacial score (nSPS) is 11.4. The topological polar surface area (TPSA) is 84.1 Å². The first-order valence-electron chi connectivity index (χ1n) is 10.5. The summed E-state index contributed by atoms with van der Waals surface area (Å²) >= 11 is 0. The molecule has 0 atom stereocenters. The van der Waals surface area contributed by atoms with E-state index in [1.54, 1.807) is 0 Å². The number of amides is 1. The number of aromatic nitrogens is 1. The Bertz CT molecular complexity index is 1020. The number of carbonyl (C=O) groups excluding carboxylic acids is 2. The van der Waals surface area contributed by atoms with E-state index in [2.05, 4.69) is 23.7 Å². The number of carbonyl (C=O) groups is 2. The fraction of sp³-hybridized carbons (Fsp3) is 0.400. The number of benzene rings is 1. The molecule has 0 saturated carbocycles. The number of esters is 1. The lowest BCUT2D eigenvalue weighted by molar-refractivity contribution is -0.142. The van der Waals surface area contributed by atoms with Gasteiger partial charge in [-0.2, -0.15) is 5.26 Å². The lowest BCUT2D eigenvalue weighted by Crippen LogP contribution is -2.22. The Balaban J connectivity index is 2.07. The maximum Gasteiger partial charge on any atom is 0.349 e. The lowest BCUT2D eigenvalue weighted by Gasteiger charge is -2.11. The molecule has 31 heavy (non-hydrogen) atoms. The van der Waals surface area contributed by atoms with Gasteiger partial charge in [0.2, 0.25) is 0 Å². The second-order valence-electron chi connectivity index (χ2n) is 8.22. The zero-order valence-electron chi connectivity index (χ0n) is 19.2. The standard InChI is InChI=1S/C25H31N3O3/c1-16(2)10-11-28-19(5)12-21(20(28)6)13-22(14-26)25(30)31-15-23(29)27-24-17(3)8-7-9-18(24)4/h7-9,12-13,16H,10-11,15H2,1-6H3,(H,27,29)/b22-13+. The fourth-order valence-corrected chi connectivity index (χ4v) is 3.39. The summed E-state index contributed by atoms with van der Waals surface area (Å²) in [5, 5.41) is 12.2. The highest BCUT2D eigenvalue weighted by molar-refractivity contribution is 6.00. The zero-order chi connectivity index (χ0) is 23.1. The maximum atomic E-state index is 12.4. The van der Waals surface area contributed by atoms with Crippen LogP contribution in [0.5, 0.6) is 0 Å². The Morgan fingerprint density at radius 1 is 1.19 bits per heavy atom. The Morgan fingerprint density at radius 2 is 1.84 bits per heavy atom. The van der Waals surface area contributed by atoms with Crippen molar-refractivity contribution in [3.8, 4) is 6.07 Å². The van der Waals surface area contributed by atoms with E-state index in [1.807, 2.05) is 58.0 Å². The molecule has 2 aromatic rings. The molecule has 164 valence electrons. The van der Waals surface area contributed by atoms with Crippen molar-refractivity contribution in [3.63, 3.8) is 0 Å². The number of hydrogen-bond donors (Lipinski definition) is 1. The van der Waals surface area contributed by atoms with Crippen LogP contribution in [0, 0.1) is 44.9 Å². The van der Waals surface area contributed by atoms with Crippen LogP contribution in [0.25, 0.3) is 6.08 Å². The number of nitrogens with one attached hydrogen (secondary N) is 1. The number of hydrogen-bond acceptors (Lipinski definition) is 4. The van der Waals surface area contributed by atoms with Gasteiger partial charge < -0.3 is 14.6 Å². The van der Waals surface area contributed by atoms with Crippen molar-refractivity contribution in [1.82, 2.24) is 4.57 Å². The molecule has 0 fully saturated rings.